The molecule has 0 saturated carbocycles. The number of methoxy groups -OCH3 is 2. The van der Waals surface area contributed by atoms with Crippen molar-refractivity contribution in [3.8, 4) is 11.5 Å². The standard InChI is InChI=1S/C19H21N3O4S/c1-25-16-10-6-7-14(19(16)26-2)11-20-22-18(24)13-27-12-17(23)21-15-8-4-3-5-9-15/h3-11H,12-13H2,1-2H3,(H,21,23)(H,22,24). The first-order valence-electron chi connectivity index (χ1n) is 8.09. The fourth-order valence-corrected chi connectivity index (χ4v) is 2.78. The third kappa shape index (κ3) is 6.67. The van der Waals surface area contributed by atoms with Gasteiger partial charge in [-0.2, -0.15) is 5.10 Å². The van der Waals surface area contributed by atoms with Crippen molar-refractivity contribution in [3.05, 3.63) is 54.1 Å². The first-order chi connectivity index (χ1) is 13.1. The number of rotatable bonds is 9. The van der Waals surface area contributed by atoms with Gasteiger partial charge in [-0.05, 0) is 24.3 Å². The second kappa shape index (κ2) is 10.9. The van der Waals surface area contributed by atoms with Gasteiger partial charge in [-0.1, -0.05) is 24.3 Å². The summed E-state index contributed by atoms with van der Waals surface area (Å²) >= 11 is 1.21. The predicted octanol–water partition coefficient (Wildman–Crippen LogP) is 2.53. The summed E-state index contributed by atoms with van der Waals surface area (Å²) in [5.74, 6) is 0.941. The SMILES string of the molecule is COc1cccc(C=NNC(=O)CSCC(=O)Nc2ccccc2)c1OC. The van der Waals surface area contributed by atoms with Crippen molar-refractivity contribution in [2.24, 2.45) is 5.10 Å². The monoisotopic (exact) mass is 387 g/mol. The molecule has 0 saturated heterocycles. The lowest BCUT2D eigenvalue weighted by Crippen LogP contribution is -2.21. The molecule has 2 amide bonds. The summed E-state index contributed by atoms with van der Waals surface area (Å²) in [6.07, 6.45) is 1.48. The topological polar surface area (TPSA) is 89.0 Å². The minimum absolute atomic E-state index is 0.120. The van der Waals surface area contributed by atoms with E-state index in [1.165, 1.54) is 25.1 Å². The van der Waals surface area contributed by atoms with E-state index in [0.717, 1.165) is 5.69 Å². The molecule has 0 unspecified atom stereocenters. The van der Waals surface area contributed by atoms with Crippen LogP contribution in [0.1, 0.15) is 5.56 Å². The van der Waals surface area contributed by atoms with E-state index >= 15 is 0 Å². The van der Waals surface area contributed by atoms with E-state index in [1.807, 2.05) is 18.2 Å². The average molecular weight is 387 g/mol. The summed E-state index contributed by atoms with van der Waals surface area (Å²) in [6, 6.07) is 14.5. The molecule has 0 heterocycles. The molecule has 0 aliphatic rings. The van der Waals surface area contributed by atoms with Crippen LogP contribution in [0.5, 0.6) is 11.5 Å². The van der Waals surface area contributed by atoms with Crippen molar-refractivity contribution in [1.82, 2.24) is 5.43 Å². The summed E-state index contributed by atoms with van der Waals surface area (Å²) in [5, 5.41) is 6.67. The van der Waals surface area contributed by atoms with Crippen LogP contribution < -0.4 is 20.2 Å². The molecule has 8 heteroatoms. The normalized spacial score (nSPS) is 10.4. The van der Waals surface area contributed by atoms with Crippen LogP contribution in [0.3, 0.4) is 0 Å². The Morgan fingerprint density at radius 1 is 1.00 bits per heavy atom. The fraction of sp³-hybridized carbons (Fsp3) is 0.211. The predicted molar refractivity (Wildman–Crippen MR) is 108 cm³/mol. The van der Waals surface area contributed by atoms with Gasteiger partial charge in [0.15, 0.2) is 11.5 Å². The molecule has 2 aromatic carbocycles. The number of hydrogen-bond acceptors (Lipinski definition) is 6. The minimum atomic E-state index is -0.300. The summed E-state index contributed by atoms with van der Waals surface area (Å²) < 4.78 is 10.5. The first kappa shape index (κ1) is 20.3. The van der Waals surface area contributed by atoms with Gasteiger partial charge in [-0.15, -0.1) is 11.8 Å². The average Bonchev–Trinajstić information content (AvgIpc) is 2.68. The Hall–Kier alpha value is -3.00. The highest BCUT2D eigenvalue weighted by molar-refractivity contribution is 8.00. The molecule has 27 heavy (non-hydrogen) atoms. The number of amides is 2. The lowest BCUT2D eigenvalue weighted by Gasteiger charge is -2.09. The van der Waals surface area contributed by atoms with Crippen molar-refractivity contribution in [2.75, 3.05) is 31.0 Å². The molecule has 0 radical (unpaired) electrons. The van der Waals surface area contributed by atoms with Crippen molar-refractivity contribution < 1.29 is 19.1 Å². The molecular weight excluding hydrogens is 366 g/mol. The Bertz CT molecular complexity index is 797. The van der Waals surface area contributed by atoms with Crippen LogP contribution in [0.2, 0.25) is 0 Å². The maximum absolute atomic E-state index is 11.8. The first-order valence-corrected chi connectivity index (χ1v) is 9.25. The molecular formula is C19H21N3O4S. The number of anilines is 1. The Kier molecular flexibility index (Phi) is 8.18. The highest BCUT2D eigenvalue weighted by Crippen LogP contribution is 2.29. The molecule has 0 aromatic heterocycles. The molecule has 0 spiro atoms. The van der Waals surface area contributed by atoms with Crippen LogP contribution in [-0.2, 0) is 9.59 Å². The Morgan fingerprint density at radius 3 is 2.44 bits per heavy atom. The molecule has 7 nitrogen and oxygen atoms in total. The van der Waals surface area contributed by atoms with Gasteiger partial charge in [0.2, 0.25) is 11.8 Å². The van der Waals surface area contributed by atoms with Crippen LogP contribution in [0.25, 0.3) is 0 Å². The molecule has 2 aromatic rings. The summed E-state index contributed by atoms with van der Waals surface area (Å²) in [6.45, 7) is 0. The molecule has 0 atom stereocenters. The third-order valence-electron chi connectivity index (χ3n) is 3.35. The second-order valence-corrected chi connectivity index (χ2v) is 6.27. The van der Waals surface area contributed by atoms with Gasteiger partial charge in [0.05, 0.1) is 31.9 Å². The Labute approximate surface area is 162 Å². The summed E-state index contributed by atoms with van der Waals surface area (Å²) in [5.41, 5.74) is 3.82. The van der Waals surface area contributed by atoms with E-state index in [-0.39, 0.29) is 23.3 Å². The second-order valence-electron chi connectivity index (χ2n) is 5.28. The number of nitrogens with zero attached hydrogens (tertiary/aromatic N) is 1. The molecule has 0 aliphatic carbocycles. The summed E-state index contributed by atoms with van der Waals surface area (Å²) in [4.78, 5) is 23.6. The largest absolute Gasteiger partial charge is 0.493 e. The zero-order valence-electron chi connectivity index (χ0n) is 15.1. The van der Waals surface area contributed by atoms with Crippen molar-refractivity contribution in [2.45, 2.75) is 0 Å². The highest BCUT2D eigenvalue weighted by Gasteiger charge is 2.08. The number of benzene rings is 2. The van der Waals surface area contributed by atoms with Gasteiger partial charge in [-0.3, -0.25) is 9.59 Å². The van der Waals surface area contributed by atoms with Crippen molar-refractivity contribution in [3.63, 3.8) is 0 Å². The molecule has 0 aliphatic heterocycles. The van der Waals surface area contributed by atoms with Gasteiger partial charge >= 0.3 is 0 Å². The minimum Gasteiger partial charge on any atom is -0.493 e. The number of carbonyl (C=O) groups is 2. The van der Waals surface area contributed by atoms with E-state index in [0.29, 0.717) is 17.1 Å². The van der Waals surface area contributed by atoms with E-state index in [2.05, 4.69) is 15.8 Å². The summed E-state index contributed by atoms with van der Waals surface area (Å²) in [7, 11) is 3.08. The molecule has 0 fully saturated rings. The van der Waals surface area contributed by atoms with E-state index in [4.69, 9.17) is 9.47 Å². The number of carbonyl (C=O) groups excluding carboxylic acids is 2. The zero-order valence-corrected chi connectivity index (χ0v) is 15.9. The third-order valence-corrected chi connectivity index (χ3v) is 4.28. The van der Waals surface area contributed by atoms with Gasteiger partial charge in [0.25, 0.3) is 0 Å². The molecule has 142 valence electrons. The van der Waals surface area contributed by atoms with E-state index in [1.54, 1.807) is 37.4 Å². The number of para-hydroxylation sites is 2. The number of nitrogens with one attached hydrogen (secondary N) is 2. The van der Waals surface area contributed by atoms with E-state index < -0.39 is 0 Å². The molecule has 2 N–H and O–H groups in total. The number of hydrogen-bond donors (Lipinski definition) is 2. The van der Waals surface area contributed by atoms with Crippen LogP contribution in [0.4, 0.5) is 5.69 Å². The van der Waals surface area contributed by atoms with Crippen LogP contribution in [0.15, 0.2) is 53.6 Å². The smallest absolute Gasteiger partial charge is 0.250 e. The van der Waals surface area contributed by atoms with Gasteiger partial charge < -0.3 is 14.8 Å². The fourth-order valence-electron chi connectivity index (χ4n) is 2.17. The maximum atomic E-state index is 11.8. The zero-order chi connectivity index (χ0) is 19.5. The quantitative estimate of drug-likeness (QED) is 0.510. The number of ether oxygens (including phenoxy) is 2. The Balaban J connectivity index is 1.75. The maximum Gasteiger partial charge on any atom is 0.250 e. The van der Waals surface area contributed by atoms with Crippen LogP contribution >= 0.6 is 11.8 Å². The molecule has 0 bridgehead atoms. The van der Waals surface area contributed by atoms with Gasteiger partial charge in [0.1, 0.15) is 0 Å². The van der Waals surface area contributed by atoms with Crippen LogP contribution in [-0.4, -0.2) is 43.8 Å². The molecule has 2 rings (SSSR count). The number of hydrazone groups is 1. The van der Waals surface area contributed by atoms with Crippen molar-refractivity contribution >= 4 is 35.5 Å². The van der Waals surface area contributed by atoms with E-state index in [9.17, 15) is 9.59 Å². The lowest BCUT2D eigenvalue weighted by molar-refractivity contribution is -0.118. The van der Waals surface area contributed by atoms with Gasteiger partial charge in [-0.25, -0.2) is 5.43 Å². The van der Waals surface area contributed by atoms with Crippen LogP contribution in [0, 0.1) is 0 Å². The number of thioether (sulfide) groups is 1. The van der Waals surface area contributed by atoms with Gasteiger partial charge in [0, 0.05) is 11.3 Å². The lowest BCUT2D eigenvalue weighted by atomic mass is 10.2. The Morgan fingerprint density at radius 2 is 1.74 bits per heavy atom. The van der Waals surface area contributed by atoms with Crippen molar-refractivity contribution in [1.29, 1.82) is 0 Å². The highest BCUT2D eigenvalue weighted by atomic mass is 32.2.